The Kier molecular flexibility index (Phi) is 4.14. The van der Waals surface area contributed by atoms with Gasteiger partial charge >= 0.3 is 5.97 Å². The van der Waals surface area contributed by atoms with Gasteiger partial charge in [0.2, 0.25) is 0 Å². The van der Waals surface area contributed by atoms with Crippen LogP contribution in [0.1, 0.15) is 40.0 Å². The first-order chi connectivity index (χ1) is 6.92. The largest absolute Gasteiger partial charge is 0.465 e. The van der Waals surface area contributed by atoms with Gasteiger partial charge in [0.15, 0.2) is 0 Å². The van der Waals surface area contributed by atoms with Crippen molar-refractivity contribution in [2.75, 3.05) is 13.2 Å². The second-order valence-corrected chi connectivity index (χ2v) is 5.77. The van der Waals surface area contributed by atoms with E-state index >= 15 is 0 Å². The number of ether oxygens (including phenoxy) is 1. The summed E-state index contributed by atoms with van der Waals surface area (Å²) in [5.41, 5.74) is 5.73. The first-order valence-corrected chi connectivity index (χ1v) is 5.79. The average Bonchev–Trinajstić information content (AvgIpc) is 2.92. The van der Waals surface area contributed by atoms with Crippen molar-refractivity contribution in [3.8, 4) is 0 Å². The Labute approximate surface area is 92.4 Å². The molecule has 0 aliphatic heterocycles. The third-order valence-electron chi connectivity index (χ3n) is 2.63. The van der Waals surface area contributed by atoms with Crippen LogP contribution in [0.4, 0.5) is 0 Å². The number of carbonyl (C=O) groups is 1. The molecule has 0 amide bonds. The summed E-state index contributed by atoms with van der Waals surface area (Å²) in [7, 11) is 0. The van der Waals surface area contributed by atoms with Crippen LogP contribution in [0.5, 0.6) is 0 Å². The third kappa shape index (κ3) is 5.17. The molecule has 3 nitrogen and oxygen atoms in total. The number of carbonyl (C=O) groups excluding carboxylic acids is 1. The van der Waals surface area contributed by atoms with Crippen molar-refractivity contribution in [1.82, 2.24) is 0 Å². The molecule has 0 heterocycles. The first-order valence-electron chi connectivity index (χ1n) is 5.79. The van der Waals surface area contributed by atoms with Crippen molar-refractivity contribution in [1.29, 1.82) is 0 Å². The minimum atomic E-state index is -0.135. The maximum Gasteiger partial charge on any atom is 0.310 e. The Morgan fingerprint density at radius 3 is 2.47 bits per heavy atom. The van der Waals surface area contributed by atoms with Gasteiger partial charge in [-0.25, -0.2) is 0 Å². The van der Waals surface area contributed by atoms with Crippen LogP contribution < -0.4 is 5.73 Å². The Morgan fingerprint density at radius 2 is 2.07 bits per heavy atom. The van der Waals surface area contributed by atoms with Crippen LogP contribution in [-0.2, 0) is 9.53 Å². The number of hydrogen-bond donors (Lipinski definition) is 1. The fourth-order valence-electron chi connectivity index (χ4n) is 1.60. The van der Waals surface area contributed by atoms with Gasteiger partial charge in [-0.2, -0.15) is 0 Å². The predicted octanol–water partition coefficient (Wildman–Crippen LogP) is 1.95. The van der Waals surface area contributed by atoms with Crippen molar-refractivity contribution in [3.63, 3.8) is 0 Å². The molecule has 0 bridgehead atoms. The molecular formula is C12H23NO2. The SMILES string of the molecule is CC(C)(C)CC(CN)C(=O)OCC1CC1. The molecule has 2 N–H and O–H groups in total. The molecule has 3 heteroatoms. The van der Waals surface area contributed by atoms with Gasteiger partial charge in [-0.1, -0.05) is 20.8 Å². The summed E-state index contributed by atoms with van der Waals surface area (Å²) >= 11 is 0. The molecule has 1 fully saturated rings. The molecule has 0 aromatic rings. The van der Waals surface area contributed by atoms with Crippen LogP contribution in [-0.4, -0.2) is 19.1 Å². The van der Waals surface area contributed by atoms with Crippen LogP contribution >= 0.6 is 0 Å². The van der Waals surface area contributed by atoms with E-state index in [4.69, 9.17) is 10.5 Å². The predicted molar refractivity (Wildman–Crippen MR) is 60.3 cm³/mol. The van der Waals surface area contributed by atoms with E-state index in [-0.39, 0.29) is 17.3 Å². The smallest absolute Gasteiger partial charge is 0.310 e. The zero-order valence-electron chi connectivity index (χ0n) is 10.1. The molecule has 88 valence electrons. The summed E-state index contributed by atoms with van der Waals surface area (Å²) < 4.78 is 5.25. The van der Waals surface area contributed by atoms with E-state index in [0.717, 1.165) is 6.42 Å². The lowest BCUT2D eigenvalue weighted by Gasteiger charge is -2.23. The van der Waals surface area contributed by atoms with E-state index < -0.39 is 0 Å². The molecule has 0 aromatic heterocycles. The summed E-state index contributed by atoms with van der Waals surface area (Å²) in [5, 5.41) is 0. The van der Waals surface area contributed by atoms with Crippen molar-refractivity contribution in [3.05, 3.63) is 0 Å². The molecule has 1 saturated carbocycles. The fourth-order valence-corrected chi connectivity index (χ4v) is 1.60. The first kappa shape index (κ1) is 12.5. The van der Waals surface area contributed by atoms with Gasteiger partial charge in [-0.15, -0.1) is 0 Å². The van der Waals surface area contributed by atoms with Crippen LogP contribution in [0.3, 0.4) is 0 Å². The molecule has 1 atom stereocenters. The Morgan fingerprint density at radius 1 is 1.47 bits per heavy atom. The van der Waals surface area contributed by atoms with Crippen molar-refractivity contribution in [2.24, 2.45) is 23.0 Å². The second kappa shape index (κ2) is 4.97. The van der Waals surface area contributed by atoms with E-state index in [1.54, 1.807) is 0 Å². The van der Waals surface area contributed by atoms with Crippen LogP contribution in [0.15, 0.2) is 0 Å². The van der Waals surface area contributed by atoms with Gasteiger partial charge in [0, 0.05) is 6.54 Å². The molecule has 1 aliphatic rings. The van der Waals surface area contributed by atoms with Crippen molar-refractivity contribution in [2.45, 2.75) is 40.0 Å². The topological polar surface area (TPSA) is 52.3 Å². The number of hydrogen-bond acceptors (Lipinski definition) is 3. The summed E-state index contributed by atoms with van der Waals surface area (Å²) in [6, 6.07) is 0. The molecule has 0 spiro atoms. The van der Waals surface area contributed by atoms with E-state index in [0.29, 0.717) is 19.1 Å². The number of esters is 1. The number of rotatable bonds is 5. The molecule has 0 aromatic carbocycles. The van der Waals surface area contributed by atoms with Gasteiger partial charge in [-0.3, -0.25) is 4.79 Å². The summed E-state index contributed by atoms with van der Waals surface area (Å²) in [4.78, 5) is 11.7. The maximum atomic E-state index is 11.7. The molecule has 1 aliphatic carbocycles. The number of nitrogens with two attached hydrogens (primary N) is 1. The quantitative estimate of drug-likeness (QED) is 0.710. The monoisotopic (exact) mass is 213 g/mol. The molecule has 1 rings (SSSR count). The van der Waals surface area contributed by atoms with E-state index in [2.05, 4.69) is 20.8 Å². The highest BCUT2D eigenvalue weighted by molar-refractivity contribution is 5.72. The Balaban J connectivity index is 2.31. The van der Waals surface area contributed by atoms with Crippen LogP contribution in [0.2, 0.25) is 0 Å². The lowest BCUT2D eigenvalue weighted by Crippen LogP contribution is -2.30. The lowest BCUT2D eigenvalue weighted by atomic mass is 9.85. The van der Waals surface area contributed by atoms with Gasteiger partial charge in [0.1, 0.15) is 0 Å². The highest BCUT2D eigenvalue weighted by Crippen LogP contribution is 2.30. The molecule has 1 unspecified atom stereocenters. The van der Waals surface area contributed by atoms with Crippen molar-refractivity contribution < 1.29 is 9.53 Å². The summed E-state index contributed by atoms with van der Waals surface area (Å²) in [6.45, 7) is 7.33. The third-order valence-corrected chi connectivity index (χ3v) is 2.63. The van der Waals surface area contributed by atoms with E-state index in [1.807, 2.05) is 0 Å². The minimum Gasteiger partial charge on any atom is -0.465 e. The summed E-state index contributed by atoms with van der Waals surface area (Å²) in [6.07, 6.45) is 3.21. The van der Waals surface area contributed by atoms with E-state index in [9.17, 15) is 4.79 Å². The van der Waals surface area contributed by atoms with Crippen LogP contribution in [0, 0.1) is 17.3 Å². The zero-order chi connectivity index (χ0) is 11.5. The average molecular weight is 213 g/mol. The highest BCUT2D eigenvalue weighted by atomic mass is 16.5. The molecule has 0 saturated heterocycles. The zero-order valence-corrected chi connectivity index (χ0v) is 10.1. The second-order valence-electron chi connectivity index (χ2n) is 5.77. The highest BCUT2D eigenvalue weighted by Gasteiger charge is 2.28. The van der Waals surface area contributed by atoms with Gasteiger partial charge in [-0.05, 0) is 30.6 Å². The van der Waals surface area contributed by atoms with Gasteiger partial charge in [0.25, 0.3) is 0 Å². The fraction of sp³-hybridized carbons (Fsp3) is 0.917. The standard InChI is InChI=1S/C12H23NO2/c1-12(2,3)6-10(7-13)11(14)15-8-9-4-5-9/h9-10H,4-8,13H2,1-3H3. The molecule has 15 heavy (non-hydrogen) atoms. The summed E-state index contributed by atoms with van der Waals surface area (Å²) in [5.74, 6) is 0.380. The Hall–Kier alpha value is -0.570. The lowest BCUT2D eigenvalue weighted by molar-refractivity contribution is -0.149. The van der Waals surface area contributed by atoms with Gasteiger partial charge in [0.05, 0.1) is 12.5 Å². The van der Waals surface area contributed by atoms with Gasteiger partial charge < -0.3 is 10.5 Å². The maximum absolute atomic E-state index is 11.7. The molecule has 0 radical (unpaired) electrons. The van der Waals surface area contributed by atoms with Crippen molar-refractivity contribution >= 4 is 5.97 Å². The minimum absolute atomic E-state index is 0.112. The Bertz CT molecular complexity index is 216. The van der Waals surface area contributed by atoms with E-state index in [1.165, 1.54) is 12.8 Å². The normalized spacial score (nSPS) is 18.7. The van der Waals surface area contributed by atoms with Crippen LogP contribution in [0.25, 0.3) is 0 Å². The molecular weight excluding hydrogens is 190 g/mol.